The Morgan fingerprint density at radius 2 is 2.15 bits per heavy atom. The van der Waals surface area contributed by atoms with Crippen molar-refractivity contribution in [1.82, 2.24) is 5.32 Å². The molecular formula is C13H18N2O4S. The fourth-order valence-electron chi connectivity index (χ4n) is 2.18. The van der Waals surface area contributed by atoms with Crippen molar-refractivity contribution in [3.63, 3.8) is 0 Å². The van der Waals surface area contributed by atoms with E-state index in [2.05, 4.69) is 10.6 Å². The molecular weight excluding hydrogens is 280 g/mol. The lowest BCUT2D eigenvalue weighted by Gasteiger charge is -2.14. The molecule has 1 aliphatic rings. The van der Waals surface area contributed by atoms with E-state index in [1.54, 1.807) is 13.2 Å². The van der Waals surface area contributed by atoms with E-state index in [4.69, 9.17) is 4.74 Å². The van der Waals surface area contributed by atoms with Gasteiger partial charge in [0.25, 0.3) is 0 Å². The molecule has 20 heavy (non-hydrogen) atoms. The number of hydrogen-bond donors (Lipinski definition) is 2. The van der Waals surface area contributed by atoms with E-state index in [0.29, 0.717) is 18.7 Å². The van der Waals surface area contributed by atoms with Gasteiger partial charge in [-0.15, -0.1) is 0 Å². The molecule has 0 saturated carbocycles. The molecule has 2 N–H and O–H groups in total. The van der Waals surface area contributed by atoms with Crippen molar-refractivity contribution in [2.24, 2.45) is 0 Å². The van der Waals surface area contributed by atoms with Crippen LogP contribution in [0.5, 0.6) is 0 Å². The van der Waals surface area contributed by atoms with Crippen molar-refractivity contribution in [3.05, 3.63) is 29.8 Å². The number of carbonyl (C=O) groups excluding carboxylic acids is 1. The first-order valence-corrected chi connectivity index (χ1v) is 8.17. The molecule has 7 heteroatoms. The van der Waals surface area contributed by atoms with Crippen LogP contribution in [0, 0.1) is 0 Å². The van der Waals surface area contributed by atoms with E-state index in [1.165, 1.54) is 0 Å². The number of sulfone groups is 1. The average Bonchev–Trinajstić information content (AvgIpc) is 2.71. The highest BCUT2D eigenvalue weighted by Crippen LogP contribution is 2.16. The van der Waals surface area contributed by atoms with Crippen molar-refractivity contribution in [2.75, 3.05) is 23.9 Å². The SMILES string of the molecule is COCc1ccccc1NC(=O)N[C@H]1CCS(=O)(=O)C1. The predicted molar refractivity (Wildman–Crippen MR) is 76.4 cm³/mol. The van der Waals surface area contributed by atoms with Crippen molar-refractivity contribution in [3.8, 4) is 0 Å². The van der Waals surface area contributed by atoms with Crippen LogP contribution in [0.1, 0.15) is 12.0 Å². The van der Waals surface area contributed by atoms with Gasteiger partial charge in [0.1, 0.15) is 0 Å². The molecule has 1 saturated heterocycles. The van der Waals surface area contributed by atoms with Gasteiger partial charge in [0.15, 0.2) is 9.84 Å². The number of para-hydroxylation sites is 1. The second-order valence-corrected chi connectivity index (χ2v) is 7.02. The van der Waals surface area contributed by atoms with Gasteiger partial charge in [-0.05, 0) is 12.5 Å². The van der Waals surface area contributed by atoms with Gasteiger partial charge in [0.05, 0.1) is 18.1 Å². The van der Waals surface area contributed by atoms with Crippen LogP contribution in [0.25, 0.3) is 0 Å². The Morgan fingerprint density at radius 3 is 2.80 bits per heavy atom. The number of methoxy groups -OCH3 is 1. The van der Waals surface area contributed by atoms with Gasteiger partial charge in [-0.25, -0.2) is 13.2 Å². The van der Waals surface area contributed by atoms with Crippen LogP contribution < -0.4 is 10.6 Å². The number of urea groups is 1. The zero-order chi connectivity index (χ0) is 14.6. The molecule has 1 aromatic rings. The van der Waals surface area contributed by atoms with Gasteiger partial charge in [0, 0.05) is 24.4 Å². The molecule has 1 heterocycles. The van der Waals surface area contributed by atoms with E-state index in [1.807, 2.05) is 18.2 Å². The molecule has 0 aromatic heterocycles. The summed E-state index contributed by atoms with van der Waals surface area (Å²) in [6.07, 6.45) is 0.468. The number of anilines is 1. The standard InChI is InChI=1S/C13H18N2O4S/c1-19-8-10-4-2-3-5-12(10)15-13(16)14-11-6-7-20(17,18)9-11/h2-5,11H,6-9H2,1H3,(H2,14,15,16)/t11-/m0/s1. The molecule has 6 nitrogen and oxygen atoms in total. The van der Waals surface area contributed by atoms with Crippen LogP contribution in [0.15, 0.2) is 24.3 Å². The third-order valence-corrected chi connectivity index (χ3v) is 4.90. The topological polar surface area (TPSA) is 84.5 Å². The number of ether oxygens (including phenoxy) is 1. The minimum absolute atomic E-state index is 0.0140. The minimum atomic E-state index is -2.99. The summed E-state index contributed by atoms with van der Waals surface area (Å²) in [5.74, 6) is 0.151. The lowest BCUT2D eigenvalue weighted by molar-refractivity contribution is 0.185. The maximum absolute atomic E-state index is 11.9. The summed E-state index contributed by atoms with van der Waals surface area (Å²) in [6.45, 7) is 0.397. The summed E-state index contributed by atoms with van der Waals surface area (Å²) in [5, 5.41) is 5.41. The number of carbonyl (C=O) groups is 1. The number of hydrogen-bond acceptors (Lipinski definition) is 4. The van der Waals surface area contributed by atoms with E-state index in [-0.39, 0.29) is 17.5 Å². The molecule has 0 spiro atoms. The van der Waals surface area contributed by atoms with Gasteiger partial charge in [0.2, 0.25) is 0 Å². The fraction of sp³-hybridized carbons (Fsp3) is 0.462. The van der Waals surface area contributed by atoms with Crippen LogP contribution in [-0.2, 0) is 21.2 Å². The van der Waals surface area contributed by atoms with Crippen molar-refractivity contribution in [2.45, 2.75) is 19.1 Å². The highest BCUT2D eigenvalue weighted by molar-refractivity contribution is 7.91. The second-order valence-electron chi connectivity index (χ2n) is 4.79. The zero-order valence-corrected chi connectivity index (χ0v) is 12.1. The van der Waals surface area contributed by atoms with Gasteiger partial charge in [-0.1, -0.05) is 18.2 Å². The summed E-state index contributed by atoms with van der Waals surface area (Å²) in [7, 11) is -1.41. The Kier molecular flexibility index (Phi) is 4.61. The third kappa shape index (κ3) is 3.94. The molecule has 1 aliphatic heterocycles. The summed E-state index contributed by atoms with van der Waals surface area (Å²) in [4.78, 5) is 11.9. The van der Waals surface area contributed by atoms with Crippen molar-refractivity contribution < 1.29 is 17.9 Å². The molecule has 2 amide bonds. The number of nitrogens with one attached hydrogen (secondary N) is 2. The Hall–Kier alpha value is -1.60. The summed E-state index contributed by atoms with van der Waals surface area (Å²) >= 11 is 0. The quantitative estimate of drug-likeness (QED) is 0.873. The van der Waals surface area contributed by atoms with E-state index < -0.39 is 15.9 Å². The van der Waals surface area contributed by atoms with Gasteiger partial charge < -0.3 is 15.4 Å². The molecule has 110 valence electrons. The first-order valence-electron chi connectivity index (χ1n) is 6.35. The second kappa shape index (κ2) is 6.23. The van der Waals surface area contributed by atoms with Gasteiger partial charge >= 0.3 is 6.03 Å². The molecule has 0 unspecified atom stereocenters. The maximum Gasteiger partial charge on any atom is 0.319 e. The first kappa shape index (κ1) is 14.8. The molecule has 1 fully saturated rings. The van der Waals surface area contributed by atoms with Crippen molar-refractivity contribution in [1.29, 1.82) is 0 Å². The summed E-state index contributed by atoms with van der Waals surface area (Å²) in [5.41, 5.74) is 1.52. The number of amides is 2. The van der Waals surface area contributed by atoms with Gasteiger partial charge in [-0.3, -0.25) is 0 Å². The molecule has 0 bridgehead atoms. The monoisotopic (exact) mass is 298 g/mol. The van der Waals surface area contributed by atoms with Gasteiger partial charge in [-0.2, -0.15) is 0 Å². The minimum Gasteiger partial charge on any atom is -0.380 e. The number of rotatable bonds is 4. The van der Waals surface area contributed by atoms with Crippen LogP contribution in [0.3, 0.4) is 0 Å². The Labute approximate surface area is 118 Å². The Balaban J connectivity index is 1.95. The number of benzene rings is 1. The van der Waals surface area contributed by atoms with Crippen LogP contribution in [0.4, 0.5) is 10.5 Å². The Bertz CT molecular complexity index is 586. The van der Waals surface area contributed by atoms with Crippen LogP contribution in [-0.4, -0.2) is 39.1 Å². The molecule has 2 rings (SSSR count). The largest absolute Gasteiger partial charge is 0.380 e. The van der Waals surface area contributed by atoms with Crippen LogP contribution >= 0.6 is 0 Å². The first-order chi connectivity index (χ1) is 9.50. The predicted octanol–water partition coefficient (Wildman–Crippen LogP) is 1.14. The van der Waals surface area contributed by atoms with Crippen molar-refractivity contribution >= 4 is 21.6 Å². The molecule has 0 aliphatic carbocycles. The fourth-order valence-corrected chi connectivity index (χ4v) is 3.85. The smallest absolute Gasteiger partial charge is 0.319 e. The van der Waals surface area contributed by atoms with E-state index >= 15 is 0 Å². The normalized spacial score (nSPS) is 20.6. The summed E-state index contributed by atoms with van der Waals surface area (Å²) in [6, 6.07) is 6.61. The zero-order valence-electron chi connectivity index (χ0n) is 11.3. The Morgan fingerprint density at radius 1 is 1.40 bits per heavy atom. The molecule has 1 aromatic carbocycles. The van der Waals surface area contributed by atoms with E-state index in [9.17, 15) is 13.2 Å². The lowest BCUT2D eigenvalue weighted by atomic mass is 10.2. The highest BCUT2D eigenvalue weighted by Gasteiger charge is 2.28. The maximum atomic E-state index is 11.9. The van der Waals surface area contributed by atoms with E-state index in [0.717, 1.165) is 5.56 Å². The average molecular weight is 298 g/mol. The lowest BCUT2D eigenvalue weighted by Crippen LogP contribution is -2.38. The molecule has 1 atom stereocenters. The third-order valence-electron chi connectivity index (χ3n) is 3.13. The highest BCUT2D eigenvalue weighted by atomic mass is 32.2. The summed E-state index contributed by atoms with van der Waals surface area (Å²) < 4.78 is 27.7. The molecule has 0 radical (unpaired) electrons. The van der Waals surface area contributed by atoms with Crippen LogP contribution in [0.2, 0.25) is 0 Å².